The molecule has 2 rings (SSSR count). The van der Waals surface area contributed by atoms with E-state index in [1.165, 1.54) is 12.1 Å². The molecule has 0 bridgehead atoms. The standard InChI is InChI=1S/C16H22F3NO/c1-11(2)12-7-9-15(20,10-8-12)13-5-3-4-6-14(13)21-16(17,18)19/h3-6,11-12H,7-10,20H2,1-2H3. The summed E-state index contributed by atoms with van der Waals surface area (Å²) in [4.78, 5) is 0. The van der Waals surface area contributed by atoms with Crippen LogP contribution in [0.5, 0.6) is 5.75 Å². The maximum absolute atomic E-state index is 12.5. The first-order valence-electron chi connectivity index (χ1n) is 7.35. The maximum atomic E-state index is 12.5. The van der Waals surface area contributed by atoms with Crippen molar-refractivity contribution < 1.29 is 17.9 Å². The molecule has 118 valence electrons. The molecule has 0 spiro atoms. The summed E-state index contributed by atoms with van der Waals surface area (Å²) in [5.74, 6) is 1.00. The first kappa shape index (κ1) is 16.1. The zero-order valence-corrected chi connectivity index (χ0v) is 12.4. The highest BCUT2D eigenvalue weighted by Crippen LogP contribution is 2.43. The van der Waals surface area contributed by atoms with Crippen LogP contribution >= 0.6 is 0 Å². The summed E-state index contributed by atoms with van der Waals surface area (Å²) < 4.78 is 41.7. The van der Waals surface area contributed by atoms with Gasteiger partial charge in [0, 0.05) is 11.1 Å². The second-order valence-electron chi connectivity index (χ2n) is 6.28. The van der Waals surface area contributed by atoms with Crippen molar-refractivity contribution >= 4 is 0 Å². The number of alkyl halides is 3. The van der Waals surface area contributed by atoms with Gasteiger partial charge in [0.2, 0.25) is 0 Å². The van der Waals surface area contributed by atoms with E-state index >= 15 is 0 Å². The SMILES string of the molecule is CC(C)C1CCC(N)(c2ccccc2OC(F)(F)F)CC1. The van der Waals surface area contributed by atoms with Crippen LogP contribution in [0.3, 0.4) is 0 Å². The Morgan fingerprint density at radius 3 is 2.29 bits per heavy atom. The highest BCUT2D eigenvalue weighted by atomic mass is 19.4. The van der Waals surface area contributed by atoms with E-state index in [9.17, 15) is 13.2 Å². The summed E-state index contributed by atoms with van der Waals surface area (Å²) in [5.41, 5.74) is 6.15. The Balaban J connectivity index is 2.22. The number of hydrogen-bond donors (Lipinski definition) is 1. The number of halogens is 3. The lowest BCUT2D eigenvalue weighted by atomic mass is 9.70. The first-order valence-corrected chi connectivity index (χ1v) is 7.35. The van der Waals surface area contributed by atoms with Crippen molar-refractivity contribution in [2.75, 3.05) is 0 Å². The summed E-state index contributed by atoms with van der Waals surface area (Å²) >= 11 is 0. The lowest BCUT2D eigenvalue weighted by Crippen LogP contribution is -2.41. The van der Waals surface area contributed by atoms with Gasteiger partial charge in [0.05, 0.1) is 0 Å². The summed E-state index contributed by atoms with van der Waals surface area (Å²) in [5, 5.41) is 0. The van der Waals surface area contributed by atoms with Crippen molar-refractivity contribution in [3.05, 3.63) is 29.8 Å². The minimum atomic E-state index is -4.69. The molecule has 0 amide bonds. The van der Waals surface area contributed by atoms with Gasteiger partial charge in [-0.25, -0.2) is 0 Å². The highest BCUT2D eigenvalue weighted by Gasteiger charge is 2.39. The molecule has 0 atom stereocenters. The van der Waals surface area contributed by atoms with Crippen molar-refractivity contribution in [2.45, 2.75) is 51.4 Å². The van der Waals surface area contributed by atoms with E-state index in [1.54, 1.807) is 12.1 Å². The van der Waals surface area contributed by atoms with Crippen LogP contribution in [0.15, 0.2) is 24.3 Å². The van der Waals surface area contributed by atoms with Gasteiger partial charge in [-0.3, -0.25) is 0 Å². The molecule has 1 aliphatic carbocycles. The molecule has 5 heteroatoms. The Kier molecular flexibility index (Phi) is 4.51. The Hall–Kier alpha value is -1.23. The maximum Gasteiger partial charge on any atom is 0.573 e. The van der Waals surface area contributed by atoms with Gasteiger partial charge in [-0.1, -0.05) is 32.0 Å². The molecule has 2 N–H and O–H groups in total. The monoisotopic (exact) mass is 301 g/mol. The number of ether oxygens (including phenoxy) is 1. The molecule has 1 aromatic rings. The largest absolute Gasteiger partial charge is 0.573 e. The third-order valence-electron chi connectivity index (χ3n) is 4.51. The van der Waals surface area contributed by atoms with Crippen LogP contribution in [0.4, 0.5) is 13.2 Å². The van der Waals surface area contributed by atoms with Gasteiger partial charge in [0.25, 0.3) is 0 Å². The van der Waals surface area contributed by atoms with Gasteiger partial charge in [-0.2, -0.15) is 0 Å². The number of nitrogens with two attached hydrogens (primary N) is 1. The number of hydrogen-bond acceptors (Lipinski definition) is 2. The lowest BCUT2D eigenvalue weighted by molar-refractivity contribution is -0.275. The van der Waals surface area contributed by atoms with E-state index in [0.717, 1.165) is 12.8 Å². The number of benzene rings is 1. The highest BCUT2D eigenvalue weighted by molar-refractivity contribution is 5.39. The van der Waals surface area contributed by atoms with Gasteiger partial charge in [0.1, 0.15) is 5.75 Å². The van der Waals surface area contributed by atoms with E-state index < -0.39 is 11.9 Å². The van der Waals surface area contributed by atoms with Gasteiger partial charge >= 0.3 is 6.36 Å². The van der Waals surface area contributed by atoms with Crippen molar-refractivity contribution in [3.63, 3.8) is 0 Å². The van der Waals surface area contributed by atoms with Crippen LogP contribution in [-0.2, 0) is 5.54 Å². The number of para-hydroxylation sites is 1. The first-order chi connectivity index (χ1) is 9.71. The third-order valence-corrected chi connectivity index (χ3v) is 4.51. The molecule has 0 heterocycles. The molecule has 1 aliphatic rings. The van der Waals surface area contributed by atoms with Crippen LogP contribution in [0, 0.1) is 11.8 Å². The van der Waals surface area contributed by atoms with Crippen LogP contribution < -0.4 is 10.5 Å². The minimum absolute atomic E-state index is 0.171. The molecule has 1 aromatic carbocycles. The van der Waals surface area contributed by atoms with Crippen LogP contribution in [0.25, 0.3) is 0 Å². The van der Waals surface area contributed by atoms with Crippen molar-refractivity contribution in [1.29, 1.82) is 0 Å². The smallest absolute Gasteiger partial charge is 0.405 e. The van der Waals surface area contributed by atoms with Crippen LogP contribution in [0.2, 0.25) is 0 Å². The molecular weight excluding hydrogens is 279 g/mol. The van der Waals surface area contributed by atoms with Crippen molar-refractivity contribution in [3.8, 4) is 5.75 Å². The molecular formula is C16H22F3NO. The third kappa shape index (κ3) is 3.90. The predicted molar refractivity (Wildman–Crippen MR) is 75.8 cm³/mol. The summed E-state index contributed by atoms with van der Waals surface area (Å²) in [6.07, 6.45) is -1.44. The fourth-order valence-corrected chi connectivity index (χ4v) is 3.18. The Morgan fingerprint density at radius 1 is 1.19 bits per heavy atom. The average molecular weight is 301 g/mol. The second kappa shape index (κ2) is 5.87. The quantitative estimate of drug-likeness (QED) is 0.886. The van der Waals surface area contributed by atoms with Crippen LogP contribution in [-0.4, -0.2) is 6.36 Å². The molecule has 0 aromatic heterocycles. The second-order valence-corrected chi connectivity index (χ2v) is 6.28. The van der Waals surface area contributed by atoms with Gasteiger partial charge in [0.15, 0.2) is 0 Å². The molecule has 1 fully saturated rings. The Labute approximate surface area is 123 Å². The fourth-order valence-electron chi connectivity index (χ4n) is 3.18. The average Bonchev–Trinajstić information content (AvgIpc) is 2.37. The molecule has 0 unspecified atom stereocenters. The summed E-state index contributed by atoms with van der Waals surface area (Å²) in [6.45, 7) is 4.35. The zero-order chi connectivity index (χ0) is 15.7. The molecule has 0 radical (unpaired) electrons. The van der Waals surface area contributed by atoms with Crippen LogP contribution in [0.1, 0.15) is 45.1 Å². The fraction of sp³-hybridized carbons (Fsp3) is 0.625. The van der Waals surface area contributed by atoms with Crippen molar-refractivity contribution in [2.24, 2.45) is 17.6 Å². The zero-order valence-electron chi connectivity index (χ0n) is 12.4. The molecule has 2 nitrogen and oxygen atoms in total. The number of rotatable bonds is 3. The minimum Gasteiger partial charge on any atom is -0.405 e. The summed E-state index contributed by atoms with van der Waals surface area (Å²) in [6, 6.07) is 6.23. The van der Waals surface area contributed by atoms with Gasteiger partial charge < -0.3 is 10.5 Å². The van der Waals surface area contributed by atoms with E-state index in [4.69, 9.17) is 5.73 Å². The Bertz CT molecular complexity index is 477. The molecule has 1 saturated carbocycles. The topological polar surface area (TPSA) is 35.2 Å². The molecule has 0 aliphatic heterocycles. The van der Waals surface area contributed by atoms with Crippen molar-refractivity contribution in [1.82, 2.24) is 0 Å². The van der Waals surface area contributed by atoms with Gasteiger partial charge in [-0.05, 0) is 43.6 Å². The van der Waals surface area contributed by atoms with E-state index in [0.29, 0.717) is 30.2 Å². The summed E-state index contributed by atoms with van der Waals surface area (Å²) in [7, 11) is 0. The molecule has 21 heavy (non-hydrogen) atoms. The van der Waals surface area contributed by atoms with E-state index in [1.807, 2.05) is 0 Å². The lowest BCUT2D eigenvalue weighted by Gasteiger charge is -2.39. The van der Waals surface area contributed by atoms with E-state index in [-0.39, 0.29) is 5.75 Å². The normalized spacial score (nSPS) is 26.9. The molecule has 0 saturated heterocycles. The Morgan fingerprint density at radius 2 is 1.76 bits per heavy atom. The van der Waals surface area contributed by atoms with Gasteiger partial charge in [-0.15, -0.1) is 13.2 Å². The van der Waals surface area contributed by atoms with E-state index in [2.05, 4.69) is 18.6 Å². The predicted octanol–water partition coefficient (Wildman–Crippen LogP) is 4.59.